The summed E-state index contributed by atoms with van der Waals surface area (Å²) in [6, 6.07) is 3.52. The van der Waals surface area contributed by atoms with E-state index in [1.807, 2.05) is 0 Å². The fraction of sp³-hybridized carbons (Fsp3) is 0.143. The van der Waals surface area contributed by atoms with Crippen LogP contribution < -0.4 is 0 Å². The Morgan fingerprint density at radius 3 is 1.95 bits per heavy atom. The van der Waals surface area contributed by atoms with E-state index in [0.717, 1.165) is 12.1 Å². The van der Waals surface area contributed by atoms with E-state index in [2.05, 4.69) is 0 Å². The van der Waals surface area contributed by atoms with Crippen LogP contribution in [0.2, 0.25) is 0 Å². The topological polar surface area (TPSA) is 20.2 Å². The molecule has 0 aliphatic carbocycles. The molecule has 0 radical (unpaired) electrons. The minimum Gasteiger partial charge on any atom is -0.384 e. The van der Waals surface area contributed by atoms with Crippen LogP contribution in [0.15, 0.2) is 36.4 Å². The van der Waals surface area contributed by atoms with Crippen LogP contribution in [0, 0.1) is 17.5 Å². The van der Waals surface area contributed by atoms with Crippen LogP contribution in [-0.2, 0) is 6.18 Å². The predicted molar refractivity (Wildman–Crippen MR) is 61.8 cm³/mol. The summed E-state index contributed by atoms with van der Waals surface area (Å²) in [5.74, 6) is -3.18. The van der Waals surface area contributed by atoms with Crippen molar-refractivity contribution in [2.24, 2.45) is 0 Å². The first-order chi connectivity index (χ1) is 9.70. The highest BCUT2D eigenvalue weighted by atomic mass is 19.4. The molecule has 1 nitrogen and oxygen atoms in total. The van der Waals surface area contributed by atoms with Crippen LogP contribution in [0.4, 0.5) is 26.3 Å². The van der Waals surface area contributed by atoms with Crippen LogP contribution >= 0.6 is 0 Å². The van der Waals surface area contributed by atoms with Gasteiger partial charge in [-0.1, -0.05) is 6.07 Å². The van der Waals surface area contributed by atoms with Crippen LogP contribution in [-0.4, -0.2) is 5.11 Å². The molecule has 0 heterocycles. The minimum atomic E-state index is -4.85. The number of benzene rings is 2. The fourth-order valence-electron chi connectivity index (χ4n) is 1.91. The summed E-state index contributed by atoms with van der Waals surface area (Å²) in [6.45, 7) is 0. The van der Waals surface area contributed by atoms with Crippen molar-refractivity contribution in [1.29, 1.82) is 0 Å². The lowest BCUT2D eigenvalue weighted by molar-refractivity contribution is -0.139. The van der Waals surface area contributed by atoms with Gasteiger partial charge in [0.15, 0.2) is 0 Å². The van der Waals surface area contributed by atoms with E-state index in [9.17, 15) is 31.4 Å². The molecule has 2 aromatic rings. The van der Waals surface area contributed by atoms with Crippen molar-refractivity contribution in [3.8, 4) is 0 Å². The second-order valence-electron chi connectivity index (χ2n) is 4.30. The van der Waals surface area contributed by atoms with Crippen molar-refractivity contribution in [3.63, 3.8) is 0 Å². The van der Waals surface area contributed by atoms with E-state index in [0.29, 0.717) is 24.3 Å². The van der Waals surface area contributed by atoms with Crippen molar-refractivity contribution < 1.29 is 31.4 Å². The lowest BCUT2D eigenvalue weighted by Gasteiger charge is -2.18. The van der Waals surface area contributed by atoms with Gasteiger partial charge in [0.2, 0.25) is 0 Å². The first-order valence-corrected chi connectivity index (χ1v) is 5.70. The Labute approximate surface area is 115 Å². The Hall–Kier alpha value is -2.02. The predicted octanol–water partition coefficient (Wildman–Crippen LogP) is 4.20. The first-order valence-electron chi connectivity index (χ1n) is 5.70. The van der Waals surface area contributed by atoms with E-state index in [4.69, 9.17) is 0 Å². The highest BCUT2D eigenvalue weighted by Gasteiger charge is 2.36. The monoisotopic (exact) mass is 306 g/mol. The summed E-state index contributed by atoms with van der Waals surface area (Å²) < 4.78 is 78.0. The molecule has 21 heavy (non-hydrogen) atoms. The maximum Gasteiger partial charge on any atom is 0.416 e. The minimum absolute atomic E-state index is 0.422. The number of rotatable bonds is 2. The summed E-state index contributed by atoms with van der Waals surface area (Å²) in [5.41, 5.74) is -2.71. The summed E-state index contributed by atoms with van der Waals surface area (Å²) in [4.78, 5) is 0. The van der Waals surface area contributed by atoms with Gasteiger partial charge in [-0.25, -0.2) is 13.2 Å². The highest BCUT2D eigenvalue weighted by molar-refractivity contribution is 5.38. The third-order valence-corrected chi connectivity index (χ3v) is 2.87. The van der Waals surface area contributed by atoms with Crippen molar-refractivity contribution in [1.82, 2.24) is 0 Å². The van der Waals surface area contributed by atoms with Crippen molar-refractivity contribution in [2.75, 3.05) is 0 Å². The largest absolute Gasteiger partial charge is 0.416 e. The van der Waals surface area contributed by atoms with Gasteiger partial charge in [0.05, 0.1) is 5.56 Å². The van der Waals surface area contributed by atoms with Gasteiger partial charge in [-0.15, -0.1) is 0 Å². The molecule has 0 aliphatic heterocycles. The zero-order valence-electron chi connectivity index (χ0n) is 10.3. The van der Waals surface area contributed by atoms with E-state index >= 15 is 0 Å². The van der Waals surface area contributed by atoms with Crippen molar-refractivity contribution in [3.05, 3.63) is 70.5 Å². The summed E-state index contributed by atoms with van der Waals surface area (Å²) >= 11 is 0. The SMILES string of the molecule is OC(c1ccc(F)cc1F)c1cc(F)ccc1C(F)(F)F. The lowest BCUT2D eigenvalue weighted by atomic mass is 9.96. The standard InChI is InChI=1S/C14H8F6O/c15-7-2-4-11(14(18,19)20)10(5-7)13(21)9-3-1-8(16)6-12(9)17/h1-6,13,21H. The van der Waals surface area contributed by atoms with E-state index in [1.165, 1.54) is 0 Å². The zero-order chi connectivity index (χ0) is 15.8. The first kappa shape index (κ1) is 15.4. The number of alkyl halides is 3. The summed E-state index contributed by atoms with van der Waals surface area (Å²) in [6.07, 6.45) is -6.92. The van der Waals surface area contributed by atoms with Gasteiger partial charge in [-0.05, 0) is 24.3 Å². The molecule has 1 atom stereocenters. The van der Waals surface area contributed by atoms with E-state index in [-0.39, 0.29) is 0 Å². The Balaban J connectivity index is 2.57. The van der Waals surface area contributed by atoms with Gasteiger partial charge in [-0.3, -0.25) is 0 Å². The zero-order valence-corrected chi connectivity index (χ0v) is 10.3. The average Bonchev–Trinajstić information content (AvgIpc) is 2.36. The molecule has 0 spiro atoms. The van der Waals surface area contributed by atoms with Gasteiger partial charge in [0.1, 0.15) is 23.6 Å². The Morgan fingerprint density at radius 1 is 0.810 bits per heavy atom. The molecule has 1 N–H and O–H groups in total. The van der Waals surface area contributed by atoms with Crippen LogP contribution in [0.1, 0.15) is 22.8 Å². The number of aliphatic hydroxyl groups is 1. The summed E-state index contributed by atoms with van der Waals surface area (Å²) in [7, 11) is 0. The number of hydrogen-bond donors (Lipinski definition) is 1. The number of hydrogen-bond acceptors (Lipinski definition) is 1. The molecule has 2 aromatic carbocycles. The van der Waals surface area contributed by atoms with E-state index < -0.39 is 46.4 Å². The van der Waals surface area contributed by atoms with E-state index in [1.54, 1.807) is 0 Å². The molecule has 0 saturated heterocycles. The van der Waals surface area contributed by atoms with Crippen molar-refractivity contribution in [2.45, 2.75) is 12.3 Å². The Morgan fingerprint density at radius 2 is 1.38 bits per heavy atom. The molecular formula is C14H8F6O. The Bertz CT molecular complexity index is 665. The molecule has 0 fully saturated rings. The highest BCUT2D eigenvalue weighted by Crippen LogP contribution is 2.37. The molecule has 0 aliphatic rings. The molecule has 0 saturated carbocycles. The number of aliphatic hydroxyl groups excluding tert-OH is 1. The van der Waals surface area contributed by atoms with Crippen LogP contribution in [0.25, 0.3) is 0 Å². The molecule has 1 unspecified atom stereocenters. The quantitative estimate of drug-likeness (QED) is 0.824. The summed E-state index contributed by atoms with van der Waals surface area (Å²) in [5, 5.41) is 9.90. The van der Waals surface area contributed by atoms with Gasteiger partial charge < -0.3 is 5.11 Å². The smallest absolute Gasteiger partial charge is 0.384 e. The molecular weight excluding hydrogens is 298 g/mol. The second-order valence-corrected chi connectivity index (χ2v) is 4.30. The molecule has 0 bridgehead atoms. The average molecular weight is 306 g/mol. The molecule has 0 amide bonds. The normalized spacial score (nSPS) is 13.3. The molecule has 112 valence electrons. The van der Waals surface area contributed by atoms with Gasteiger partial charge in [0, 0.05) is 17.2 Å². The van der Waals surface area contributed by atoms with Gasteiger partial charge >= 0.3 is 6.18 Å². The number of halogens is 6. The Kier molecular flexibility index (Phi) is 3.95. The molecule has 2 rings (SSSR count). The maximum absolute atomic E-state index is 13.5. The third-order valence-electron chi connectivity index (χ3n) is 2.87. The maximum atomic E-state index is 13.5. The van der Waals surface area contributed by atoms with Crippen LogP contribution in [0.5, 0.6) is 0 Å². The third kappa shape index (κ3) is 3.18. The van der Waals surface area contributed by atoms with Crippen molar-refractivity contribution >= 4 is 0 Å². The molecule has 7 heteroatoms. The molecule has 0 aromatic heterocycles. The fourth-order valence-corrected chi connectivity index (χ4v) is 1.91. The van der Waals surface area contributed by atoms with Crippen LogP contribution in [0.3, 0.4) is 0 Å². The van der Waals surface area contributed by atoms with Gasteiger partial charge in [-0.2, -0.15) is 13.2 Å². The second kappa shape index (κ2) is 5.40. The van der Waals surface area contributed by atoms with Gasteiger partial charge in [0.25, 0.3) is 0 Å². The lowest BCUT2D eigenvalue weighted by Crippen LogP contribution is -2.14.